The van der Waals surface area contributed by atoms with Gasteiger partial charge in [0.05, 0.1) is 21.2 Å². The average molecular weight is 453 g/mol. The summed E-state index contributed by atoms with van der Waals surface area (Å²) in [4.78, 5) is 12.0. The van der Waals surface area contributed by atoms with Crippen LogP contribution < -0.4 is 10.0 Å². The van der Waals surface area contributed by atoms with Crippen LogP contribution in [0, 0.1) is 5.82 Å². The molecule has 0 aliphatic heterocycles. The lowest BCUT2D eigenvalue weighted by Crippen LogP contribution is -2.23. The third-order valence-corrected chi connectivity index (χ3v) is 6.13. The minimum absolute atomic E-state index is 0.0470. The van der Waals surface area contributed by atoms with Gasteiger partial charge in [-0.3, -0.25) is 4.79 Å². The van der Waals surface area contributed by atoms with E-state index in [4.69, 9.17) is 23.2 Å². The number of amides is 1. The maximum atomic E-state index is 14.4. The predicted molar refractivity (Wildman–Crippen MR) is 111 cm³/mol. The van der Waals surface area contributed by atoms with Gasteiger partial charge in [-0.15, -0.1) is 0 Å². The van der Waals surface area contributed by atoms with Crippen LogP contribution in [0.1, 0.15) is 15.9 Å². The van der Waals surface area contributed by atoms with Gasteiger partial charge >= 0.3 is 0 Å². The molecule has 0 spiro atoms. The molecule has 29 heavy (non-hydrogen) atoms. The average Bonchev–Trinajstić information content (AvgIpc) is 2.69. The van der Waals surface area contributed by atoms with Crippen molar-refractivity contribution in [3.63, 3.8) is 0 Å². The van der Waals surface area contributed by atoms with Crippen molar-refractivity contribution in [3.8, 4) is 0 Å². The van der Waals surface area contributed by atoms with E-state index in [0.717, 1.165) is 6.07 Å². The highest BCUT2D eigenvalue weighted by Crippen LogP contribution is 2.22. The Labute approximate surface area is 177 Å². The quantitative estimate of drug-likeness (QED) is 0.560. The van der Waals surface area contributed by atoms with E-state index in [-0.39, 0.29) is 27.7 Å². The number of hydrogen-bond acceptors (Lipinski definition) is 3. The predicted octanol–water partition coefficient (Wildman–Crippen LogP) is 4.86. The third kappa shape index (κ3) is 5.13. The topological polar surface area (TPSA) is 75.3 Å². The molecule has 1 amide bonds. The molecule has 5 nitrogen and oxygen atoms in total. The number of anilines is 1. The van der Waals surface area contributed by atoms with E-state index >= 15 is 0 Å². The second-order valence-corrected chi connectivity index (χ2v) is 8.57. The standard InChI is InChI=1S/C20H15Cl2FN2O3S/c21-16-7-3-1-5-13(16)12-24-29(27,28)14-9-10-19(18(23)11-14)25-20(26)15-6-2-4-8-17(15)22/h1-11,24H,12H2,(H,25,26). The van der Waals surface area contributed by atoms with Crippen LogP contribution in [0.4, 0.5) is 10.1 Å². The smallest absolute Gasteiger partial charge is 0.257 e. The van der Waals surface area contributed by atoms with Gasteiger partial charge in [-0.25, -0.2) is 17.5 Å². The normalized spacial score (nSPS) is 11.3. The van der Waals surface area contributed by atoms with Gasteiger partial charge in [0.1, 0.15) is 5.82 Å². The Kier molecular flexibility index (Phi) is 6.54. The number of carbonyl (C=O) groups is 1. The fraction of sp³-hybridized carbons (Fsp3) is 0.0500. The molecule has 0 radical (unpaired) electrons. The number of hydrogen-bond donors (Lipinski definition) is 2. The van der Waals surface area contributed by atoms with Crippen molar-refractivity contribution in [1.29, 1.82) is 0 Å². The summed E-state index contributed by atoms with van der Waals surface area (Å²) in [7, 11) is -3.98. The molecule has 0 saturated carbocycles. The highest BCUT2D eigenvalue weighted by molar-refractivity contribution is 7.89. The first-order valence-electron chi connectivity index (χ1n) is 8.36. The Hall–Kier alpha value is -2.45. The van der Waals surface area contributed by atoms with Crippen LogP contribution >= 0.6 is 23.2 Å². The van der Waals surface area contributed by atoms with E-state index in [1.807, 2.05) is 0 Å². The van der Waals surface area contributed by atoms with Gasteiger partial charge in [0, 0.05) is 11.6 Å². The third-order valence-electron chi connectivity index (χ3n) is 4.03. The van der Waals surface area contributed by atoms with Gasteiger partial charge in [0.25, 0.3) is 5.91 Å². The molecule has 0 unspecified atom stereocenters. The largest absolute Gasteiger partial charge is 0.319 e. The van der Waals surface area contributed by atoms with Crippen molar-refractivity contribution < 1.29 is 17.6 Å². The van der Waals surface area contributed by atoms with E-state index in [1.54, 1.807) is 36.4 Å². The number of sulfonamides is 1. The summed E-state index contributed by atoms with van der Waals surface area (Å²) < 4.78 is 41.7. The molecule has 2 N–H and O–H groups in total. The van der Waals surface area contributed by atoms with Crippen LogP contribution in [-0.4, -0.2) is 14.3 Å². The lowest BCUT2D eigenvalue weighted by atomic mass is 10.2. The van der Waals surface area contributed by atoms with E-state index in [1.165, 1.54) is 24.3 Å². The lowest BCUT2D eigenvalue weighted by Gasteiger charge is -2.11. The molecule has 3 aromatic carbocycles. The number of carbonyl (C=O) groups excluding carboxylic acids is 1. The second-order valence-electron chi connectivity index (χ2n) is 5.99. The molecule has 0 saturated heterocycles. The fourth-order valence-corrected chi connectivity index (χ4v) is 3.94. The summed E-state index contributed by atoms with van der Waals surface area (Å²) >= 11 is 12.0. The Balaban J connectivity index is 1.75. The zero-order valence-corrected chi connectivity index (χ0v) is 17.2. The SMILES string of the molecule is O=C(Nc1ccc(S(=O)(=O)NCc2ccccc2Cl)cc1F)c1ccccc1Cl. The minimum atomic E-state index is -3.98. The number of benzene rings is 3. The zero-order valence-electron chi connectivity index (χ0n) is 14.8. The molecule has 0 aliphatic rings. The van der Waals surface area contributed by atoms with Crippen LogP contribution in [0.2, 0.25) is 10.0 Å². The Bertz CT molecular complexity index is 1170. The Morgan fingerprint density at radius 1 is 0.931 bits per heavy atom. The van der Waals surface area contributed by atoms with Crippen molar-refractivity contribution >= 4 is 44.8 Å². The van der Waals surface area contributed by atoms with Gasteiger partial charge in [0.15, 0.2) is 0 Å². The Morgan fingerprint density at radius 2 is 1.59 bits per heavy atom. The van der Waals surface area contributed by atoms with Crippen molar-refractivity contribution in [2.24, 2.45) is 0 Å². The molecule has 0 aliphatic carbocycles. The first-order valence-corrected chi connectivity index (χ1v) is 10.6. The monoisotopic (exact) mass is 452 g/mol. The number of nitrogens with one attached hydrogen (secondary N) is 2. The molecule has 0 aromatic heterocycles. The zero-order chi connectivity index (χ0) is 21.0. The lowest BCUT2D eigenvalue weighted by molar-refractivity contribution is 0.102. The van der Waals surface area contributed by atoms with Crippen LogP contribution in [0.25, 0.3) is 0 Å². The summed E-state index contributed by atoms with van der Waals surface area (Å²) in [5.41, 5.74) is 0.591. The van der Waals surface area contributed by atoms with Crippen molar-refractivity contribution in [2.75, 3.05) is 5.32 Å². The molecule has 0 fully saturated rings. The summed E-state index contributed by atoms with van der Waals surface area (Å²) in [6.07, 6.45) is 0. The molecule has 3 rings (SSSR count). The van der Waals surface area contributed by atoms with E-state index in [2.05, 4.69) is 10.0 Å². The van der Waals surface area contributed by atoms with Crippen LogP contribution in [-0.2, 0) is 16.6 Å². The van der Waals surface area contributed by atoms with Crippen LogP contribution in [0.15, 0.2) is 71.6 Å². The minimum Gasteiger partial charge on any atom is -0.319 e. The molecular weight excluding hydrogens is 438 g/mol. The van der Waals surface area contributed by atoms with Gasteiger partial charge in [0.2, 0.25) is 10.0 Å². The van der Waals surface area contributed by atoms with E-state index in [9.17, 15) is 17.6 Å². The van der Waals surface area contributed by atoms with E-state index < -0.39 is 21.7 Å². The molecule has 0 bridgehead atoms. The first-order chi connectivity index (χ1) is 13.8. The van der Waals surface area contributed by atoms with Gasteiger partial charge in [-0.1, -0.05) is 53.5 Å². The summed E-state index contributed by atoms with van der Waals surface area (Å²) in [5.74, 6) is -1.51. The fourth-order valence-electron chi connectivity index (χ4n) is 2.50. The highest BCUT2D eigenvalue weighted by Gasteiger charge is 2.18. The van der Waals surface area contributed by atoms with Crippen molar-refractivity contribution in [3.05, 3.63) is 93.7 Å². The van der Waals surface area contributed by atoms with Gasteiger partial charge in [-0.05, 0) is 42.0 Å². The maximum absolute atomic E-state index is 14.4. The van der Waals surface area contributed by atoms with Crippen LogP contribution in [0.3, 0.4) is 0 Å². The number of halogens is 3. The van der Waals surface area contributed by atoms with Crippen molar-refractivity contribution in [2.45, 2.75) is 11.4 Å². The van der Waals surface area contributed by atoms with Gasteiger partial charge in [-0.2, -0.15) is 0 Å². The molecular formula is C20H15Cl2FN2O3S. The maximum Gasteiger partial charge on any atom is 0.257 e. The summed E-state index contributed by atoms with van der Waals surface area (Å²) in [6, 6.07) is 16.3. The molecule has 0 atom stereocenters. The highest BCUT2D eigenvalue weighted by atomic mass is 35.5. The summed E-state index contributed by atoms with van der Waals surface area (Å²) in [5, 5.41) is 3.01. The molecule has 3 aromatic rings. The number of rotatable bonds is 6. The molecule has 150 valence electrons. The van der Waals surface area contributed by atoms with Crippen LogP contribution in [0.5, 0.6) is 0 Å². The van der Waals surface area contributed by atoms with Crippen molar-refractivity contribution in [1.82, 2.24) is 4.72 Å². The first kappa shape index (κ1) is 21.3. The summed E-state index contributed by atoms with van der Waals surface area (Å²) in [6.45, 7) is -0.0470. The molecule has 9 heteroatoms. The Morgan fingerprint density at radius 3 is 2.24 bits per heavy atom. The second kappa shape index (κ2) is 8.92. The molecule has 0 heterocycles. The van der Waals surface area contributed by atoms with E-state index in [0.29, 0.717) is 10.6 Å². The van der Waals surface area contributed by atoms with Gasteiger partial charge < -0.3 is 5.32 Å².